The lowest BCUT2D eigenvalue weighted by Crippen LogP contribution is -2.48. The number of rotatable bonds is 8. The van der Waals surface area contributed by atoms with E-state index >= 15 is 0 Å². The van der Waals surface area contributed by atoms with Crippen molar-refractivity contribution < 1.29 is 33.0 Å². The highest BCUT2D eigenvalue weighted by Crippen LogP contribution is 2.39. The van der Waals surface area contributed by atoms with Crippen LogP contribution in [0, 0.1) is 0 Å². The highest BCUT2D eigenvalue weighted by Gasteiger charge is 2.41. The van der Waals surface area contributed by atoms with Crippen LogP contribution < -0.4 is 4.74 Å². The van der Waals surface area contributed by atoms with Crippen LogP contribution in [0.2, 0.25) is 18.1 Å². The molecule has 178 valence electrons. The van der Waals surface area contributed by atoms with Crippen molar-refractivity contribution >= 4 is 26.5 Å². The Morgan fingerprint density at radius 2 is 1.84 bits per heavy atom. The fourth-order valence-electron chi connectivity index (χ4n) is 3.67. The molecular weight excluding hydrogens is 428 g/mol. The summed E-state index contributed by atoms with van der Waals surface area (Å²) in [6.45, 7) is 12.3. The van der Waals surface area contributed by atoms with Crippen LogP contribution in [0.3, 0.4) is 0 Å². The molecule has 1 aromatic carbocycles. The minimum absolute atomic E-state index is 0.0298. The van der Waals surface area contributed by atoms with Gasteiger partial charge in [0.1, 0.15) is 12.0 Å². The molecule has 7 nitrogen and oxygen atoms in total. The summed E-state index contributed by atoms with van der Waals surface area (Å²) in [5.74, 6) is -0.553. The summed E-state index contributed by atoms with van der Waals surface area (Å²) in [4.78, 5) is 34.9. The maximum atomic E-state index is 12.3. The zero-order chi connectivity index (χ0) is 24.1. The van der Waals surface area contributed by atoms with Crippen molar-refractivity contribution in [3.8, 4) is 5.75 Å². The first-order valence-electron chi connectivity index (χ1n) is 11.0. The lowest BCUT2D eigenvalue weighted by molar-refractivity contribution is -0.131. The number of esters is 2. The second kappa shape index (κ2) is 10.7. The van der Waals surface area contributed by atoms with Crippen LogP contribution in [-0.4, -0.2) is 52.0 Å². The van der Waals surface area contributed by atoms with Crippen molar-refractivity contribution in [2.24, 2.45) is 0 Å². The smallest absolute Gasteiger partial charge is 0.338 e. The van der Waals surface area contributed by atoms with Gasteiger partial charge in [0.15, 0.2) is 8.32 Å². The van der Waals surface area contributed by atoms with E-state index in [9.17, 15) is 14.4 Å². The highest BCUT2D eigenvalue weighted by atomic mass is 28.4. The number of ether oxygens (including phenoxy) is 3. The maximum Gasteiger partial charge on any atom is 0.338 e. The van der Waals surface area contributed by atoms with Crippen LogP contribution in [0.25, 0.3) is 0 Å². The molecule has 1 aliphatic rings. The van der Waals surface area contributed by atoms with Gasteiger partial charge in [0.2, 0.25) is 0 Å². The van der Waals surface area contributed by atoms with Crippen LogP contribution >= 0.6 is 0 Å². The molecule has 0 N–H and O–H groups in total. The highest BCUT2D eigenvalue weighted by molar-refractivity contribution is 6.74. The molecule has 32 heavy (non-hydrogen) atoms. The average molecular weight is 465 g/mol. The molecule has 1 aromatic rings. The van der Waals surface area contributed by atoms with Crippen molar-refractivity contribution in [1.29, 1.82) is 0 Å². The molecule has 0 aliphatic carbocycles. The third kappa shape index (κ3) is 6.98. The predicted molar refractivity (Wildman–Crippen MR) is 123 cm³/mol. The van der Waals surface area contributed by atoms with Gasteiger partial charge in [-0.3, -0.25) is 4.79 Å². The molecule has 3 atom stereocenters. The van der Waals surface area contributed by atoms with Gasteiger partial charge in [0, 0.05) is 13.3 Å². The average Bonchev–Trinajstić information content (AvgIpc) is 2.66. The maximum absolute atomic E-state index is 12.3. The van der Waals surface area contributed by atoms with Gasteiger partial charge in [-0.25, -0.2) is 4.79 Å². The molecule has 0 amide bonds. The second-order valence-corrected chi connectivity index (χ2v) is 14.6. The van der Waals surface area contributed by atoms with E-state index in [-0.39, 0.29) is 23.4 Å². The summed E-state index contributed by atoms with van der Waals surface area (Å²) in [6.07, 6.45) is 2.38. The van der Waals surface area contributed by atoms with Crippen molar-refractivity contribution in [3.05, 3.63) is 29.3 Å². The minimum Gasteiger partial charge on any atom is -0.465 e. The molecule has 0 radical (unpaired) electrons. The number of methoxy groups -OCH3 is 1. The Kier molecular flexibility index (Phi) is 8.79. The molecule has 0 bridgehead atoms. The summed E-state index contributed by atoms with van der Waals surface area (Å²) in [6, 6.07) is 4.83. The summed E-state index contributed by atoms with van der Waals surface area (Å²) >= 11 is 0. The quantitative estimate of drug-likeness (QED) is 0.243. The van der Waals surface area contributed by atoms with E-state index in [0.717, 1.165) is 6.29 Å². The van der Waals surface area contributed by atoms with E-state index < -0.39 is 20.3 Å². The fourth-order valence-corrected chi connectivity index (χ4v) is 5.05. The van der Waals surface area contributed by atoms with Gasteiger partial charge in [-0.15, -0.1) is 0 Å². The lowest BCUT2D eigenvalue weighted by Gasteiger charge is -2.43. The Labute approximate surface area is 191 Å². The summed E-state index contributed by atoms with van der Waals surface area (Å²) in [5, 5.41) is 0.0668. The first kappa shape index (κ1) is 26.2. The molecule has 0 saturated carbocycles. The van der Waals surface area contributed by atoms with Crippen LogP contribution in [0.15, 0.2) is 18.2 Å². The van der Waals surface area contributed by atoms with E-state index in [1.807, 2.05) is 0 Å². The standard InChI is InChI=1S/C24H36O7Si/c1-16(26)29-18-8-9-22(23(27)28-5)17(12-18)13-20-15-21(14-19(30-20)10-11-25)31-32(6,7)24(2,3)4/h8-9,11-12,19-21H,10,13-15H2,1-7H3/t19-,20-,21-/m1/s1. The van der Waals surface area contributed by atoms with Crippen LogP contribution in [-0.2, 0) is 29.9 Å². The largest absolute Gasteiger partial charge is 0.465 e. The van der Waals surface area contributed by atoms with E-state index in [0.29, 0.717) is 42.6 Å². The van der Waals surface area contributed by atoms with E-state index in [1.54, 1.807) is 18.2 Å². The zero-order valence-electron chi connectivity index (χ0n) is 20.2. The topological polar surface area (TPSA) is 88.1 Å². The molecule has 0 aromatic heterocycles. The first-order chi connectivity index (χ1) is 14.9. The number of aldehydes is 1. The molecule has 1 fully saturated rings. The van der Waals surface area contributed by atoms with Gasteiger partial charge < -0.3 is 23.4 Å². The third-order valence-corrected chi connectivity index (χ3v) is 10.8. The molecular formula is C24H36O7Si. The Morgan fingerprint density at radius 3 is 2.41 bits per heavy atom. The van der Waals surface area contributed by atoms with Gasteiger partial charge in [-0.2, -0.15) is 0 Å². The van der Waals surface area contributed by atoms with Gasteiger partial charge >= 0.3 is 11.9 Å². The van der Waals surface area contributed by atoms with Gasteiger partial charge in [-0.05, 0) is 61.2 Å². The fraction of sp³-hybridized carbons (Fsp3) is 0.625. The molecule has 2 rings (SSSR count). The van der Waals surface area contributed by atoms with Crippen molar-refractivity contribution in [2.75, 3.05) is 7.11 Å². The van der Waals surface area contributed by atoms with E-state index in [1.165, 1.54) is 14.0 Å². The number of benzene rings is 1. The number of carbonyl (C=O) groups excluding carboxylic acids is 3. The SMILES string of the molecule is COC(=O)c1ccc(OC(C)=O)cc1C[C@@H]1C[C@H](O[Si](C)(C)C(C)(C)C)C[C@@H](CC=O)O1. The number of hydrogen-bond donors (Lipinski definition) is 0. The van der Waals surface area contributed by atoms with Crippen molar-refractivity contribution in [2.45, 2.75) is 89.8 Å². The Morgan fingerprint density at radius 1 is 1.19 bits per heavy atom. The number of carbonyl (C=O) groups is 3. The molecule has 0 unspecified atom stereocenters. The normalized spacial score (nSPS) is 21.7. The monoisotopic (exact) mass is 464 g/mol. The second-order valence-electron chi connectivity index (χ2n) is 9.86. The van der Waals surface area contributed by atoms with Crippen LogP contribution in [0.1, 0.15) is 62.9 Å². The number of hydrogen-bond acceptors (Lipinski definition) is 7. The molecule has 0 spiro atoms. The molecule has 1 saturated heterocycles. The van der Waals surface area contributed by atoms with Gasteiger partial charge in [0.05, 0.1) is 31.0 Å². The van der Waals surface area contributed by atoms with Crippen LogP contribution in [0.5, 0.6) is 5.75 Å². The van der Waals surface area contributed by atoms with E-state index in [2.05, 4.69) is 33.9 Å². The van der Waals surface area contributed by atoms with E-state index in [4.69, 9.17) is 18.6 Å². The lowest BCUT2D eigenvalue weighted by atomic mass is 9.93. The predicted octanol–water partition coefficient (Wildman–Crippen LogP) is 4.47. The summed E-state index contributed by atoms with van der Waals surface area (Å²) in [7, 11) is -0.678. The molecule has 8 heteroatoms. The Bertz CT molecular complexity index is 828. The first-order valence-corrected chi connectivity index (χ1v) is 13.9. The zero-order valence-corrected chi connectivity index (χ0v) is 21.2. The van der Waals surface area contributed by atoms with Gasteiger partial charge in [-0.1, -0.05) is 20.8 Å². The minimum atomic E-state index is -2.00. The molecule has 1 aliphatic heterocycles. The summed E-state index contributed by atoms with van der Waals surface area (Å²) < 4.78 is 23.0. The Balaban J connectivity index is 2.29. The van der Waals surface area contributed by atoms with Gasteiger partial charge in [0.25, 0.3) is 0 Å². The Hall–Kier alpha value is -2.03. The van der Waals surface area contributed by atoms with Crippen molar-refractivity contribution in [3.63, 3.8) is 0 Å². The molecule has 1 heterocycles. The third-order valence-electron chi connectivity index (χ3n) is 6.25. The van der Waals surface area contributed by atoms with Crippen LogP contribution in [0.4, 0.5) is 0 Å². The summed E-state index contributed by atoms with van der Waals surface area (Å²) in [5.41, 5.74) is 1.06. The van der Waals surface area contributed by atoms with Crippen molar-refractivity contribution in [1.82, 2.24) is 0 Å².